The molecule has 3 aromatic rings. The molecule has 0 radical (unpaired) electrons. The van der Waals surface area contributed by atoms with Crippen LogP contribution in [0.2, 0.25) is 0 Å². The van der Waals surface area contributed by atoms with Gasteiger partial charge in [0.15, 0.2) is 5.82 Å². The molecule has 0 spiro atoms. The second-order valence-corrected chi connectivity index (χ2v) is 5.77. The van der Waals surface area contributed by atoms with Crippen LogP contribution < -0.4 is 0 Å². The average Bonchev–Trinajstić information content (AvgIpc) is 3.09. The summed E-state index contributed by atoms with van der Waals surface area (Å²) in [6.45, 7) is 6.40. The molecule has 7 nitrogen and oxygen atoms in total. The Morgan fingerprint density at radius 2 is 1.90 bits per heavy atom. The average molecular weight is 284 g/mol. The maximum Gasteiger partial charge on any atom is 0.250 e. The van der Waals surface area contributed by atoms with Crippen molar-refractivity contribution < 1.29 is 4.52 Å². The fraction of sp³-hybridized carbons (Fsp3) is 0.357. The molecule has 2 heterocycles. The van der Waals surface area contributed by atoms with E-state index in [9.17, 15) is 0 Å². The molecule has 0 saturated heterocycles. The van der Waals surface area contributed by atoms with E-state index in [1.54, 1.807) is 0 Å². The SMILES string of the molecule is CC(C)(C)c1noc(Cn2nnc(-c3ccccc3)n2)n1. The Hall–Kier alpha value is -2.57. The first-order chi connectivity index (χ1) is 10.0. The van der Waals surface area contributed by atoms with Gasteiger partial charge in [0.05, 0.1) is 0 Å². The van der Waals surface area contributed by atoms with Gasteiger partial charge in [-0.15, -0.1) is 10.2 Å². The van der Waals surface area contributed by atoms with Gasteiger partial charge in [-0.05, 0) is 5.21 Å². The Bertz CT molecular complexity index is 725. The third-order valence-corrected chi connectivity index (χ3v) is 2.90. The number of hydrogen-bond acceptors (Lipinski definition) is 6. The van der Waals surface area contributed by atoms with Crippen LogP contribution in [0.1, 0.15) is 32.5 Å². The third kappa shape index (κ3) is 2.96. The summed E-state index contributed by atoms with van der Waals surface area (Å²) in [5, 5.41) is 16.3. The number of nitrogens with zero attached hydrogens (tertiary/aromatic N) is 6. The van der Waals surface area contributed by atoms with Gasteiger partial charge in [-0.2, -0.15) is 9.78 Å². The Kier molecular flexibility index (Phi) is 3.25. The molecule has 0 saturated carbocycles. The van der Waals surface area contributed by atoms with Gasteiger partial charge in [0.25, 0.3) is 0 Å². The van der Waals surface area contributed by atoms with Crippen molar-refractivity contribution in [2.24, 2.45) is 0 Å². The van der Waals surface area contributed by atoms with E-state index in [1.165, 1.54) is 4.80 Å². The lowest BCUT2D eigenvalue weighted by molar-refractivity contribution is 0.345. The van der Waals surface area contributed by atoms with E-state index in [-0.39, 0.29) is 5.41 Å². The topological polar surface area (TPSA) is 82.5 Å². The Labute approximate surface area is 122 Å². The largest absolute Gasteiger partial charge is 0.337 e. The van der Waals surface area contributed by atoms with Crippen molar-refractivity contribution in [2.45, 2.75) is 32.7 Å². The molecule has 0 N–H and O–H groups in total. The number of benzene rings is 1. The zero-order chi connectivity index (χ0) is 14.9. The Balaban J connectivity index is 1.77. The molecule has 0 aliphatic rings. The molecule has 0 unspecified atom stereocenters. The highest BCUT2D eigenvalue weighted by molar-refractivity contribution is 5.52. The van der Waals surface area contributed by atoms with Crippen LogP contribution >= 0.6 is 0 Å². The minimum absolute atomic E-state index is 0.146. The lowest BCUT2D eigenvalue weighted by Gasteiger charge is -2.10. The number of tetrazole rings is 1. The summed E-state index contributed by atoms with van der Waals surface area (Å²) < 4.78 is 5.22. The van der Waals surface area contributed by atoms with Gasteiger partial charge in [0, 0.05) is 11.0 Å². The van der Waals surface area contributed by atoms with Gasteiger partial charge in [-0.1, -0.05) is 56.3 Å². The lowest BCUT2D eigenvalue weighted by atomic mass is 9.96. The minimum Gasteiger partial charge on any atom is -0.337 e. The zero-order valence-electron chi connectivity index (χ0n) is 12.2. The fourth-order valence-electron chi connectivity index (χ4n) is 1.76. The third-order valence-electron chi connectivity index (χ3n) is 2.90. The van der Waals surface area contributed by atoms with Gasteiger partial charge in [-0.25, -0.2) is 0 Å². The summed E-state index contributed by atoms with van der Waals surface area (Å²) >= 11 is 0. The van der Waals surface area contributed by atoms with E-state index < -0.39 is 0 Å². The monoisotopic (exact) mass is 284 g/mol. The van der Waals surface area contributed by atoms with Crippen LogP contribution in [-0.4, -0.2) is 30.3 Å². The van der Waals surface area contributed by atoms with Crippen molar-refractivity contribution in [2.75, 3.05) is 0 Å². The standard InChI is InChI=1S/C14H16N6O/c1-14(2,3)13-15-11(21-18-13)9-20-17-12(16-19-20)10-7-5-4-6-8-10/h4-8H,9H2,1-3H3. The van der Waals surface area contributed by atoms with E-state index in [4.69, 9.17) is 4.52 Å². The molecule has 0 bridgehead atoms. The first kappa shape index (κ1) is 13.4. The molecule has 3 rings (SSSR count). The van der Waals surface area contributed by atoms with Gasteiger partial charge in [-0.3, -0.25) is 0 Å². The number of hydrogen-bond donors (Lipinski definition) is 0. The summed E-state index contributed by atoms with van der Waals surface area (Å²) in [4.78, 5) is 5.80. The molecule has 0 aliphatic heterocycles. The quantitative estimate of drug-likeness (QED) is 0.732. The van der Waals surface area contributed by atoms with Crippen LogP contribution in [0.3, 0.4) is 0 Å². The first-order valence-corrected chi connectivity index (χ1v) is 6.69. The molecule has 108 valence electrons. The minimum atomic E-state index is -0.146. The molecule has 0 fully saturated rings. The van der Waals surface area contributed by atoms with Gasteiger partial charge in [0.2, 0.25) is 11.7 Å². The van der Waals surface area contributed by atoms with Crippen LogP contribution in [0.4, 0.5) is 0 Å². The van der Waals surface area contributed by atoms with Gasteiger partial charge < -0.3 is 4.52 Å². The van der Waals surface area contributed by atoms with E-state index in [2.05, 4.69) is 25.6 Å². The summed E-state index contributed by atoms with van der Waals surface area (Å²) in [7, 11) is 0. The van der Waals surface area contributed by atoms with Crippen LogP contribution in [0.5, 0.6) is 0 Å². The molecule has 0 amide bonds. The summed E-state index contributed by atoms with van der Waals surface area (Å²) in [5.41, 5.74) is 0.775. The highest BCUT2D eigenvalue weighted by Crippen LogP contribution is 2.18. The predicted molar refractivity (Wildman–Crippen MR) is 75.4 cm³/mol. The van der Waals surface area contributed by atoms with Crippen LogP contribution in [0.25, 0.3) is 11.4 Å². The second-order valence-electron chi connectivity index (χ2n) is 5.77. The van der Waals surface area contributed by atoms with Gasteiger partial charge in [0.1, 0.15) is 6.54 Å². The predicted octanol–water partition coefficient (Wildman–Crippen LogP) is 2.07. The van der Waals surface area contributed by atoms with Crippen molar-refractivity contribution in [3.8, 4) is 11.4 Å². The van der Waals surface area contributed by atoms with Crippen LogP contribution in [0, 0.1) is 0 Å². The maximum absolute atomic E-state index is 5.22. The van der Waals surface area contributed by atoms with E-state index in [1.807, 2.05) is 51.1 Å². The van der Waals surface area contributed by atoms with E-state index in [0.29, 0.717) is 24.1 Å². The Morgan fingerprint density at radius 3 is 2.57 bits per heavy atom. The smallest absolute Gasteiger partial charge is 0.250 e. The van der Waals surface area contributed by atoms with Crippen LogP contribution in [0.15, 0.2) is 34.9 Å². The summed E-state index contributed by atoms with van der Waals surface area (Å²) in [6.07, 6.45) is 0. The highest BCUT2D eigenvalue weighted by atomic mass is 16.5. The Morgan fingerprint density at radius 1 is 1.14 bits per heavy atom. The fourth-order valence-corrected chi connectivity index (χ4v) is 1.76. The molecule has 0 aliphatic carbocycles. The van der Waals surface area contributed by atoms with Crippen LogP contribution in [-0.2, 0) is 12.0 Å². The molecule has 1 aromatic carbocycles. The normalized spacial score (nSPS) is 11.8. The van der Waals surface area contributed by atoms with Crippen molar-refractivity contribution in [3.63, 3.8) is 0 Å². The molecular formula is C14H16N6O. The maximum atomic E-state index is 5.22. The number of rotatable bonds is 3. The van der Waals surface area contributed by atoms with E-state index in [0.717, 1.165) is 5.56 Å². The highest BCUT2D eigenvalue weighted by Gasteiger charge is 2.21. The molecule has 7 heteroatoms. The summed E-state index contributed by atoms with van der Waals surface area (Å²) in [6, 6.07) is 9.69. The number of aromatic nitrogens is 6. The van der Waals surface area contributed by atoms with Crippen molar-refractivity contribution in [1.82, 2.24) is 30.3 Å². The van der Waals surface area contributed by atoms with Crippen molar-refractivity contribution in [1.29, 1.82) is 0 Å². The first-order valence-electron chi connectivity index (χ1n) is 6.69. The molecule has 2 aromatic heterocycles. The molecular weight excluding hydrogens is 268 g/mol. The van der Waals surface area contributed by atoms with E-state index >= 15 is 0 Å². The lowest BCUT2D eigenvalue weighted by Crippen LogP contribution is -2.13. The van der Waals surface area contributed by atoms with Crippen molar-refractivity contribution >= 4 is 0 Å². The summed E-state index contributed by atoms with van der Waals surface area (Å²) in [5.74, 6) is 1.71. The zero-order valence-corrected chi connectivity index (χ0v) is 12.2. The van der Waals surface area contributed by atoms with Crippen molar-refractivity contribution in [3.05, 3.63) is 42.0 Å². The van der Waals surface area contributed by atoms with Gasteiger partial charge >= 0.3 is 0 Å². The second kappa shape index (κ2) is 5.08. The molecule has 21 heavy (non-hydrogen) atoms. The molecule has 0 atom stereocenters.